The van der Waals surface area contributed by atoms with Crippen LogP contribution in [0.4, 0.5) is 17.2 Å². The number of ether oxygens (including phenoxy) is 1. The summed E-state index contributed by atoms with van der Waals surface area (Å²) in [5, 5.41) is 11.9. The highest BCUT2D eigenvalue weighted by Crippen LogP contribution is 2.40. The van der Waals surface area contributed by atoms with Crippen LogP contribution in [0, 0.1) is 11.3 Å². The summed E-state index contributed by atoms with van der Waals surface area (Å²) in [5.41, 5.74) is 8.92. The third kappa shape index (κ3) is 3.45. The van der Waals surface area contributed by atoms with Crippen LogP contribution in [-0.2, 0) is 17.8 Å². The predicted octanol–water partition coefficient (Wildman–Crippen LogP) is 3.56. The monoisotopic (exact) mass is 424 g/mol. The van der Waals surface area contributed by atoms with Crippen molar-refractivity contribution in [2.75, 3.05) is 24.7 Å². The second-order valence-corrected chi connectivity index (χ2v) is 8.61. The number of nitrogen functional groups attached to an aromatic ring is 1. The maximum absolute atomic E-state index is 12.4. The van der Waals surface area contributed by atoms with Crippen molar-refractivity contribution in [3.05, 3.63) is 34.5 Å². The molecule has 30 heavy (non-hydrogen) atoms. The Balaban J connectivity index is 1.74. The topological polar surface area (TPSA) is 117 Å². The van der Waals surface area contributed by atoms with E-state index in [1.54, 1.807) is 30.6 Å². The summed E-state index contributed by atoms with van der Waals surface area (Å²) in [5.74, 6) is 1.41. The van der Waals surface area contributed by atoms with Gasteiger partial charge in [-0.1, -0.05) is 13.8 Å². The first-order chi connectivity index (χ1) is 14.4. The number of nitrogens with two attached hydrogens (primary N) is 1. The number of amides is 1. The second-order valence-electron chi connectivity index (χ2n) is 7.52. The summed E-state index contributed by atoms with van der Waals surface area (Å²) in [7, 11) is 1.58. The molecule has 0 saturated carbocycles. The fraction of sp³-hybridized carbons (Fsp3) is 0.333. The van der Waals surface area contributed by atoms with Gasteiger partial charge < -0.3 is 26.1 Å². The lowest BCUT2D eigenvalue weighted by molar-refractivity contribution is -0.135. The van der Waals surface area contributed by atoms with Crippen LogP contribution in [0.15, 0.2) is 18.5 Å². The number of hydrogen-bond donors (Lipinski definition) is 3. The van der Waals surface area contributed by atoms with Crippen molar-refractivity contribution in [2.24, 2.45) is 5.92 Å². The number of aromatic nitrogens is 2. The summed E-state index contributed by atoms with van der Waals surface area (Å²) in [6, 6.07) is 3.47. The van der Waals surface area contributed by atoms with Crippen molar-refractivity contribution in [1.29, 1.82) is 5.41 Å². The van der Waals surface area contributed by atoms with Crippen molar-refractivity contribution in [3.63, 3.8) is 0 Å². The first-order valence-corrected chi connectivity index (χ1v) is 10.5. The van der Waals surface area contributed by atoms with Gasteiger partial charge in [0.05, 0.1) is 24.7 Å². The Hall–Kier alpha value is -3.20. The van der Waals surface area contributed by atoms with Gasteiger partial charge in [0.1, 0.15) is 22.7 Å². The molecule has 0 fully saturated rings. The fourth-order valence-corrected chi connectivity index (χ4v) is 4.91. The zero-order valence-electron chi connectivity index (χ0n) is 17.2. The lowest BCUT2D eigenvalue weighted by atomic mass is 10.0. The predicted molar refractivity (Wildman–Crippen MR) is 120 cm³/mol. The molecule has 0 radical (unpaired) electrons. The molecule has 0 spiro atoms. The molecule has 4 N–H and O–H groups in total. The minimum Gasteiger partial charge on any atom is -0.494 e. The lowest BCUT2D eigenvalue weighted by Gasteiger charge is -2.28. The molecule has 1 amide bonds. The first kappa shape index (κ1) is 20.1. The van der Waals surface area contributed by atoms with Crippen molar-refractivity contribution < 1.29 is 9.53 Å². The van der Waals surface area contributed by atoms with Gasteiger partial charge in [0.15, 0.2) is 0 Å². The van der Waals surface area contributed by atoms with E-state index >= 15 is 0 Å². The smallest absolute Gasteiger partial charge is 0.225 e. The number of rotatable bonds is 5. The van der Waals surface area contributed by atoms with Crippen LogP contribution >= 0.6 is 11.3 Å². The Morgan fingerprint density at radius 1 is 1.40 bits per heavy atom. The van der Waals surface area contributed by atoms with Crippen LogP contribution in [0.2, 0.25) is 0 Å². The van der Waals surface area contributed by atoms with Crippen LogP contribution in [0.5, 0.6) is 5.75 Å². The zero-order valence-corrected chi connectivity index (χ0v) is 18.0. The number of carbonyl (C=O) groups is 1. The van der Waals surface area contributed by atoms with Crippen LogP contribution in [0.3, 0.4) is 0 Å². The number of hydrogen-bond acceptors (Lipinski definition) is 8. The molecule has 0 atom stereocenters. The largest absolute Gasteiger partial charge is 0.494 e. The maximum atomic E-state index is 12.4. The van der Waals surface area contributed by atoms with E-state index in [2.05, 4.69) is 15.3 Å². The molecule has 0 saturated heterocycles. The normalized spacial score (nSPS) is 13.4. The van der Waals surface area contributed by atoms with Gasteiger partial charge in [-0.2, -0.15) is 0 Å². The van der Waals surface area contributed by atoms with E-state index in [-0.39, 0.29) is 11.8 Å². The molecule has 1 aliphatic heterocycles. The highest BCUT2D eigenvalue weighted by atomic mass is 32.1. The number of benzene rings is 1. The zero-order chi connectivity index (χ0) is 21.4. The average molecular weight is 425 g/mol. The SMILES string of the molecule is COc1cc(N)c(C=N)cc1Nc1ncnc2sc3c(c12)CCN(C(=O)C(C)C)C3. The van der Waals surface area contributed by atoms with E-state index < -0.39 is 0 Å². The van der Waals surface area contributed by atoms with Crippen molar-refractivity contribution in [2.45, 2.75) is 26.8 Å². The van der Waals surface area contributed by atoms with E-state index in [1.807, 2.05) is 18.7 Å². The number of anilines is 3. The number of nitrogens with zero attached hydrogens (tertiary/aromatic N) is 3. The molecule has 9 heteroatoms. The highest BCUT2D eigenvalue weighted by Gasteiger charge is 2.27. The third-order valence-corrected chi connectivity index (χ3v) is 6.38. The Morgan fingerprint density at radius 2 is 2.20 bits per heavy atom. The van der Waals surface area contributed by atoms with Crippen LogP contribution in [0.1, 0.15) is 29.9 Å². The molecule has 1 aromatic carbocycles. The van der Waals surface area contributed by atoms with Gasteiger partial charge in [-0.05, 0) is 18.1 Å². The molecule has 156 valence electrons. The molecule has 4 rings (SSSR count). The van der Waals surface area contributed by atoms with Crippen LogP contribution in [-0.4, -0.2) is 40.6 Å². The minimum absolute atomic E-state index is 0.0148. The Kier molecular flexibility index (Phi) is 5.29. The van der Waals surface area contributed by atoms with Gasteiger partial charge in [-0.15, -0.1) is 11.3 Å². The molecule has 2 aromatic heterocycles. The first-order valence-electron chi connectivity index (χ1n) is 9.72. The standard InChI is InChI=1S/C21H24N6O2S/c1-11(2)21(28)27-5-4-13-17(9-27)30-20-18(13)19(24-10-25-20)26-15-6-12(8-22)14(23)7-16(15)29-3/h6-8,10-11,22H,4-5,9,23H2,1-3H3,(H,24,25,26). The average Bonchev–Trinajstić information content (AvgIpc) is 3.12. The number of thiophene rings is 1. The van der Waals surface area contributed by atoms with Gasteiger partial charge in [0.25, 0.3) is 0 Å². The third-order valence-electron chi connectivity index (χ3n) is 5.26. The van der Waals surface area contributed by atoms with Crippen molar-refractivity contribution in [1.82, 2.24) is 14.9 Å². The van der Waals surface area contributed by atoms with E-state index in [1.165, 1.54) is 18.1 Å². The second kappa shape index (κ2) is 7.91. The highest BCUT2D eigenvalue weighted by molar-refractivity contribution is 7.19. The van der Waals surface area contributed by atoms with Gasteiger partial charge in [-0.25, -0.2) is 9.97 Å². The summed E-state index contributed by atoms with van der Waals surface area (Å²) >= 11 is 1.60. The van der Waals surface area contributed by atoms with Crippen molar-refractivity contribution in [3.8, 4) is 5.75 Å². The molecule has 3 aromatic rings. The van der Waals surface area contributed by atoms with E-state index in [0.717, 1.165) is 21.5 Å². The molecular formula is C21H24N6O2S. The molecule has 0 unspecified atom stereocenters. The summed E-state index contributed by atoms with van der Waals surface area (Å²) in [4.78, 5) is 25.3. The lowest BCUT2D eigenvalue weighted by Crippen LogP contribution is -2.37. The van der Waals surface area contributed by atoms with E-state index in [9.17, 15) is 4.79 Å². The molecule has 0 bridgehead atoms. The number of methoxy groups -OCH3 is 1. The number of carbonyl (C=O) groups excluding carboxylic acids is 1. The van der Waals surface area contributed by atoms with Crippen molar-refractivity contribution >= 4 is 50.9 Å². The Morgan fingerprint density at radius 3 is 2.90 bits per heavy atom. The number of nitrogens with one attached hydrogen (secondary N) is 2. The minimum atomic E-state index is -0.0148. The summed E-state index contributed by atoms with van der Waals surface area (Å²) in [6.07, 6.45) is 3.51. The molecule has 3 heterocycles. The molecule has 8 nitrogen and oxygen atoms in total. The van der Waals surface area contributed by atoms with Gasteiger partial charge in [0, 0.05) is 40.9 Å². The summed E-state index contributed by atoms with van der Waals surface area (Å²) < 4.78 is 5.46. The summed E-state index contributed by atoms with van der Waals surface area (Å²) in [6.45, 7) is 5.15. The van der Waals surface area contributed by atoms with Crippen LogP contribution in [0.25, 0.3) is 10.2 Å². The molecule has 1 aliphatic rings. The van der Waals surface area contributed by atoms with E-state index in [0.29, 0.717) is 41.6 Å². The molecule has 0 aliphatic carbocycles. The fourth-order valence-electron chi connectivity index (χ4n) is 3.71. The number of fused-ring (bicyclic) bond motifs is 3. The van der Waals surface area contributed by atoms with Crippen LogP contribution < -0.4 is 15.8 Å². The van der Waals surface area contributed by atoms with Gasteiger partial charge in [0.2, 0.25) is 5.91 Å². The van der Waals surface area contributed by atoms with E-state index in [4.69, 9.17) is 15.9 Å². The molecular weight excluding hydrogens is 400 g/mol. The van der Waals surface area contributed by atoms with Gasteiger partial charge in [-0.3, -0.25) is 4.79 Å². The Bertz CT molecular complexity index is 1140. The Labute approximate surface area is 178 Å². The van der Waals surface area contributed by atoms with Gasteiger partial charge >= 0.3 is 0 Å². The maximum Gasteiger partial charge on any atom is 0.225 e. The quantitative estimate of drug-likeness (QED) is 0.426.